The number of aromatic nitrogens is 1. The number of nitrogens with one attached hydrogen (secondary N) is 1. The molecule has 1 saturated carbocycles. The van der Waals surface area contributed by atoms with Gasteiger partial charge in [0, 0.05) is 20.1 Å². The molecule has 112 valence electrons. The van der Waals surface area contributed by atoms with Crippen LogP contribution in [0, 0.1) is 5.92 Å². The zero-order valence-electron chi connectivity index (χ0n) is 11.8. The molecular formula is C14H20F3N3. The molecule has 0 unspecified atom stereocenters. The molecule has 2 rings (SSSR count). The van der Waals surface area contributed by atoms with Gasteiger partial charge in [-0.2, -0.15) is 13.2 Å². The van der Waals surface area contributed by atoms with Gasteiger partial charge in [-0.1, -0.05) is 6.92 Å². The zero-order chi connectivity index (χ0) is 14.8. The second kappa shape index (κ2) is 5.89. The summed E-state index contributed by atoms with van der Waals surface area (Å²) in [4.78, 5) is 6.09. The first-order valence-corrected chi connectivity index (χ1v) is 6.94. The normalized spacial score (nSPS) is 15.2. The van der Waals surface area contributed by atoms with Gasteiger partial charge in [-0.25, -0.2) is 4.98 Å². The number of rotatable bonds is 6. The highest BCUT2D eigenvalue weighted by atomic mass is 19.4. The molecule has 1 heterocycles. The van der Waals surface area contributed by atoms with Gasteiger partial charge >= 0.3 is 6.18 Å². The van der Waals surface area contributed by atoms with Gasteiger partial charge in [0.15, 0.2) is 0 Å². The molecule has 0 amide bonds. The molecule has 3 nitrogen and oxygen atoms in total. The Morgan fingerprint density at radius 2 is 2.05 bits per heavy atom. The predicted molar refractivity (Wildman–Crippen MR) is 74.0 cm³/mol. The number of hydrogen-bond donors (Lipinski definition) is 1. The third kappa shape index (κ3) is 4.02. The maximum atomic E-state index is 12.9. The van der Waals surface area contributed by atoms with E-state index in [0.717, 1.165) is 37.9 Å². The molecule has 1 aromatic heterocycles. The number of halogens is 3. The first-order valence-electron chi connectivity index (χ1n) is 6.94. The summed E-state index contributed by atoms with van der Waals surface area (Å²) in [5.41, 5.74) is -0.649. The van der Waals surface area contributed by atoms with Gasteiger partial charge in [-0.05, 0) is 37.3 Å². The Kier molecular flexibility index (Phi) is 4.40. The van der Waals surface area contributed by atoms with Crippen molar-refractivity contribution in [1.29, 1.82) is 0 Å². The highest BCUT2D eigenvalue weighted by Crippen LogP contribution is 2.34. The molecule has 1 aliphatic rings. The van der Waals surface area contributed by atoms with Gasteiger partial charge in [-0.15, -0.1) is 0 Å². The average Bonchev–Trinajstić information content (AvgIpc) is 3.18. The molecule has 0 radical (unpaired) electrons. The molecule has 6 heteroatoms. The van der Waals surface area contributed by atoms with Crippen LogP contribution in [-0.4, -0.2) is 25.1 Å². The zero-order valence-corrected chi connectivity index (χ0v) is 11.8. The topological polar surface area (TPSA) is 28.2 Å². The van der Waals surface area contributed by atoms with E-state index in [-0.39, 0.29) is 0 Å². The summed E-state index contributed by atoms with van der Waals surface area (Å²) in [5.74, 6) is 1.27. The van der Waals surface area contributed by atoms with E-state index in [1.165, 1.54) is 0 Å². The average molecular weight is 287 g/mol. The van der Waals surface area contributed by atoms with Crippen molar-refractivity contribution in [3.05, 3.63) is 17.7 Å². The lowest BCUT2D eigenvalue weighted by Crippen LogP contribution is -2.22. The number of pyridine rings is 1. The second-order valence-electron chi connectivity index (χ2n) is 5.35. The summed E-state index contributed by atoms with van der Waals surface area (Å²) in [6.45, 7) is 3.34. The molecule has 0 aromatic carbocycles. The van der Waals surface area contributed by atoms with Crippen molar-refractivity contribution < 1.29 is 13.2 Å². The van der Waals surface area contributed by atoms with Gasteiger partial charge in [-0.3, -0.25) is 0 Å². The summed E-state index contributed by atoms with van der Waals surface area (Å²) in [6, 6.07) is 2.20. The van der Waals surface area contributed by atoms with Gasteiger partial charge in [0.25, 0.3) is 0 Å². The first-order chi connectivity index (χ1) is 9.40. The van der Waals surface area contributed by atoms with Crippen LogP contribution in [0.5, 0.6) is 0 Å². The Labute approximate surface area is 117 Å². The Morgan fingerprint density at radius 1 is 1.35 bits per heavy atom. The summed E-state index contributed by atoms with van der Waals surface area (Å²) in [7, 11) is 1.80. The highest BCUT2D eigenvalue weighted by molar-refractivity contribution is 5.51. The van der Waals surface area contributed by atoms with Crippen LogP contribution < -0.4 is 10.2 Å². The van der Waals surface area contributed by atoms with E-state index in [1.807, 2.05) is 11.8 Å². The minimum atomic E-state index is -4.35. The maximum Gasteiger partial charge on any atom is 0.416 e. The van der Waals surface area contributed by atoms with Gasteiger partial charge in [0.05, 0.1) is 5.56 Å². The van der Waals surface area contributed by atoms with Crippen molar-refractivity contribution in [1.82, 2.24) is 4.98 Å². The number of hydrogen-bond acceptors (Lipinski definition) is 3. The minimum Gasteiger partial charge on any atom is -0.370 e. The van der Waals surface area contributed by atoms with E-state index in [0.29, 0.717) is 24.1 Å². The quantitative estimate of drug-likeness (QED) is 0.863. The fourth-order valence-corrected chi connectivity index (χ4v) is 2.00. The third-order valence-electron chi connectivity index (χ3n) is 3.32. The fourth-order valence-electron chi connectivity index (χ4n) is 2.00. The molecule has 1 aromatic rings. The SMILES string of the molecule is CCCNc1cc(C(F)(F)F)cc(N(C)CC2CC2)n1. The Morgan fingerprint density at radius 3 is 2.60 bits per heavy atom. The second-order valence-corrected chi connectivity index (χ2v) is 5.35. The van der Waals surface area contributed by atoms with Crippen molar-refractivity contribution in [2.45, 2.75) is 32.4 Å². The molecule has 0 bridgehead atoms. The van der Waals surface area contributed by atoms with Crippen LogP contribution in [0.25, 0.3) is 0 Å². The largest absolute Gasteiger partial charge is 0.416 e. The smallest absolute Gasteiger partial charge is 0.370 e. The molecule has 20 heavy (non-hydrogen) atoms. The number of alkyl halides is 3. The van der Waals surface area contributed by atoms with Crippen molar-refractivity contribution in [2.75, 3.05) is 30.4 Å². The predicted octanol–water partition coefficient (Wildman–Crippen LogP) is 3.77. The molecule has 0 spiro atoms. The van der Waals surface area contributed by atoms with E-state index in [9.17, 15) is 13.2 Å². The van der Waals surface area contributed by atoms with Crippen molar-refractivity contribution in [3.8, 4) is 0 Å². The Hall–Kier alpha value is -1.46. The molecule has 1 aliphatic carbocycles. The van der Waals surface area contributed by atoms with Crippen LogP contribution >= 0.6 is 0 Å². The molecule has 0 aliphatic heterocycles. The van der Waals surface area contributed by atoms with Gasteiger partial charge in [0.1, 0.15) is 11.6 Å². The van der Waals surface area contributed by atoms with Crippen LogP contribution in [0.1, 0.15) is 31.7 Å². The maximum absolute atomic E-state index is 12.9. The number of anilines is 2. The summed E-state index contributed by atoms with van der Waals surface area (Å²) in [5, 5.41) is 2.93. The van der Waals surface area contributed by atoms with Crippen molar-refractivity contribution >= 4 is 11.6 Å². The van der Waals surface area contributed by atoms with Crippen LogP contribution in [0.15, 0.2) is 12.1 Å². The van der Waals surface area contributed by atoms with Crippen LogP contribution in [0.3, 0.4) is 0 Å². The third-order valence-corrected chi connectivity index (χ3v) is 3.32. The van der Waals surface area contributed by atoms with E-state index in [4.69, 9.17) is 0 Å². The Balaban J connectivity index is 2.23. The first kappa shape index (κ1) is 14.9. The molecule has 1 fully saturated rings. The molecule has 0 saturated heterocycles. The number of nitrogens with zero attached hydrogens (tertiary/aromatic N) is 2. The monoisotopic (exact) mass is 287 g/mol. The van der Waals surface area contributed by atoms with E-state index in [2.05, 4.69) is 10.3 Å². The standard InChI is InChI=1S/C14H20F3N3/c1-3-6-18-12-7-11(14(15,16)17)8-13(19-12)20(2)9-10-4-5-10/h7-8,10H,3-6,9H2,1-2H3,(H,18,19). The van der Waals surface area contributed by atoms with Crippen LogP contribution in [0.2, 0.25) is 0 Å². The van der Waals surface area contributed by atoms with Crippen LogP contribution in [-0.2, 0) is 6.18 Å². The fraction of sp³-hybridized carbons (Fsp3) is 0.643. The van der Waals surface area contributed by atoms with E-state index in [1.54, 1.807) is 7.05 Å². The van der Waals surface area contributed by atoms with E-state index < -0.39 is 11.7 Å². The lowest BCUT2D eigenvalue weighted by molar-refractivity contribution is -0.137. The van der Waals surface area contributed by atoms with Crippen molar-refractivity contribution in [2.24, 2.45) is 5.92 Å². The summed E-state index contributed by atoms with van der Waals surface area (Å²) >= 11 is 0. The molecular weight excluding hydrogens is 267 g/mol. The van der Waals surface area contributed by atoms with Gasteiger partial charge in [0.2, 0.25) is 0 Å². The lowest BCUT2D eigenvalue weighted by atomic mass is 10.2. The molecule has 1 N–H and O–H groups in total. The highest BCUT2D eigenvalue weighted by Gasteiger charge is 2.32. The summed E-state index contributed by atoms with van der Waals surface area (Å²) < 4.78 is 38.8. The molecule has 0 atom stereocenters. The van der Waals surface area contributed by atoms with E-state index >= 15 is 0 Å². The van der Waals surface area contributed by atoms with Crippen LogP contribution in [0.4, 0.5) is 24.8 Å². The minimum absolute atomic E-state index is 0.291. The summed E-state index contributed by atoms with van der Waals surface area (Å²) in [6.07, 6.45) is -1.19. The van der Waals surface area contributed by atoms with Gasteiger partial charge < -0.3 is 10.2 Å². The Bertz CT molecular complexity index is 455. The lowest BCUT2D eigenvalue weighted by Gasteiger charge is -2.20. The van der Waals surface area contributed by atoms with Crippen molar-refractivity contribution in [3.63, 3.8) is 0 Å².